The van der Waals surface area contributed by atoms with Crippen LogP contribution in [0.3, 0.4) is 0 Å². The van der Waals surface area contributed by atoms with Crippen LogP contribution in [0.1, 0.15) is 33.6 Å². The predicted octanol–water partition coefficient (Wildman–Crippen LogP) is 6.99. The van der Waals surface area contributed by atoms with Gasteiger partial charge in [-0.25, -0.2) is 4.79 Å². The number of carbonyl (C=O) groups is 1. The Morgan fingerprint density at radius 2 is 1.66 bits per heavy atom. The van der Waals surface area contributed by atoms with Crippen LogP contribution in [0.4, 0.5) is 0 Å². The lowest BCUT2D eigenvalue weighted by Crippen LogP contribution is -2.04. The number of aromatic amines is 1. The highest BCUT2D eigenvalue weighted by Crippen LogP contribution is 2.35. The van der Waals surface area contributed by atoms with Gasteiger partial charge in [0.05, 0.1) is 12.1 Å². The first kappa shape index (κ1) is 22.3. The Balaban J connectivity index is 1.44. The second kappa shape index (κ2) is 9.40. The molecule has 1 heterocycles. The maximum atomic E-state index is 12.1. The third-order valence-electron chi connectivity index (χ3n) is 6.51. The molecule has 0 radical (unpaired) electrons. The Hall–Kier alpha value is -4.49. The van der Waals surface area contributed by atoms with Gasteiger partial charge in [0.25, 0.3) is 0 Å². The number of fused-ring (bicyclic) bond motifs is 2. The molecule has 0 amide bonds. The molecule has 4 aromatic carbocycles. The molecule has 1 aromatic heterocycles. The van der Waals surface area contributed by atoms with Gasteiger partial charge >= 0.3 is 5.97 Å². The van der Waals surface area contributed by atoms with Gasteiger partial charge in [0.1, 0.15) is 11.4 Å². The zero-order valence-corrected chi connectivity index (χ0v) is 19.5. The third kappa shape index (κ3) is 4.13. The number of hydrogen-bond acceptors (Lipinski definition) is 2. The van der Waals surface area contributed by atoms with E-state index in [1.54, 1.807) is 0 Å². The molecule has 2 N–H and O–H groups in total. The lowest BCUT2D eigenvalue weighted by molar-refractivity contribution is 0.0690. The van der Waals surface area contributed by atoms with E-state index in [-0.39, 0.29) is 5.69 Å². The molecule has 172 valence electrons. The van der Waals surface area contributed by atoms with Crippen LogP contribution in [-0.2, 0) is 6.42 Å². The summed E-state index contributed by atoms with van der Waals surface area (Å²) in [5.74, 6) is 2.60. The molecule has 35 heavy (non-hydrogen) atoms. The molecular weight excluding hydrogens is 434 g/mol. The van der Waals surface area contributed by atoms with Gasteiger partial charge in [-0.1, -0.05) is 72.7 Å². The van der Waals surface area contributed by atoms with Crippen molar-refractivity contribution in [2.45, 2.75) is 19.8 Å². The van der Waals surface area contributed by atoms with Crippen LogP contribution in [0, 0.1) is 19.3 Å². The molecule has 0 fully saturated rings. The van der Waals surface area contributed by atoms with Crippen molar-refractivity contribution >= 4 is 27.6 Å². The molecule has 5 aromatic rings. The highest BCUT2D eigenvalue weighted by molar-refractivity contribution is 6.03. The monoisotopic (exact) mass is 459 g/mol. The number of aromatic carboxylic acids is 1. The number of carboxylic acids is 1. The van der Waals surface area contributed by atoms with E-state index in [1.165, 1.54) is 0 Å². The Labute approximate surface area is 204 Å². The number of benzene rings is 4. The van der Waals surface area contributed by atoms with Crippen molar-refractivity contribution in [3.8, 4) is 29.2 Å². The summed E-state index contributed by atoms with van der Waals surface area (Å²) in [4.78, 5) is 15.3. The van der Waals surface area contributed by atoms with Gasteiger partial charge in [0, 0.05) is 21.9 Å². The SMILES string of the molecule is C#Cc1cccc(-c2cccc3c(CCCOc4cccc5ccccc45)c(C(=O)O)[nH]c23)c1C. The lowest BCUT2D eigenvalue weighted by Gasteiger charge is -2.10. The highest BCUT2D eigenvalue weighted by Gasteiger charge is 2.20. The fourth-order valence-electron chi connectivity index (χ4n) is 4.78. The van der Waals surface area contributed by atoms with Crippen molar-refractivity contribution in [3.63, 3.8) is 0 Å². The predicted molar refractivity (Wildman–Crippen MR) is 141 cm³/mol. The summed E-state index contributed by atoms with van der Waals surface area (Å²) in [7, 11) is 0. The molecule has 0 saturated carbocycles. The van der Waals surface area contributed by atoms with E-state index in [0.29, 0.717) is 19.4 Å². The average molecular weight is 460 g/mol. The highest BCUT2D eigenvalue weighted by atomic mass is 16.5. The normalized spacial score (nSPS) is 11.0. The minimum atomic E-state index is -0.966. The number of H-pyrrole nitrogens is 1. The fourth-order valence-corrected chi connectivity index (χ4v) is 4.78. The molecule has 0 atom stereocenters. The Morgan fingerprint density at radius 3 is 2.49 bits per heavy atom. The molecule has 0 bridgehead atoms. The summed E-state index contributed by atoms with van der Waals surface area (Å²) in [5, 5.41) is 13.0. The largest absolute Gasteiger partial charge is 0.493 e. The van der Waals surface area contributed by atoms with E-state index < -0.39 is 5.97 Å². The van der Waals surface area contributed by atoms with Crippen molar-refractivity contribution < 1.29 is 14.6 Å². The number of nitrogens with one attached hydrogen (secondary N) is 1. The third-order valence-corrected chi connectivity index (χ3v) is 6.51. The maximum absolute atomic E-state index is 12.1. The molecule has 5 rings (SSSR count). The maximum Gasteiger partial charge on any atom is 0.352 e. The first-order valence-electron chi connectivity index (χ1n) is 11.6. The number of carboxylic acid groups (broad SMARTS) is 1. The Kier molecular flexibility index (Phi) is 5.99. The van der Waals surface area contributed by atoms with Gasteiger partial charge in [0.2, 0.25) is 0 Å². The average Bonchev–Trinajstić information content (AvgIpc) is 3.26. The number of aryl methyl sites for hydroxylation is 1. The first-order valence-corrected chi connectivity index (χ1v) is 11.6. The fraction of sp³-hybridized carbons (Fsp3) is 0.129. The van der Waals surface area contributed by atoms with Crippen LogP contribution >= 0.6 is 0 Å². The molecule has 0 aliphatic carbocycles. The van der Waals surface area contributed by atoms with Gasteiger partial charge in [0.15, 0.2) is 0 Å². The molecule has 4 nitrogen and oxygen atoms in total. The number of para-hydroxylation sites is 1. The van der Waals surface area contributed by atoms with Gasteiger partial charge in [-0.2, -0.15) is 0 Å². The van der Waals surface area contributed by atoms with Gasteiger partial charge in [-0.05, 0) is 54.0 Å². The van der Waals surface area contributed by atoms with E-state index in [4.69, 9.17) is 11.2 Å². The molecule has 0 spiro atoms. The van der Waals surface area contributed by atoms with Crippen molar-refractivity contribution in [2.24, 2.45) is 0 Å². The quantitative estimate of drug-likeness (QED) is 0.204. The van der Waals surface area contributed by atoms with Crippen LogP contribution < -0.4 is 4.74 Å². The summed E-state index contributed by atoms with van der Waals surface area (Å²) in [6.45, 7) is 2.48. The van der Waals surface area contributed by atoms with Gasteiger partial charge < -0.3 is 14.8 Å². The molecular formula is C31H25NO3. The standard InChI is InChI=1S/C31H25NO3/c1-3-21-11-6-14-23(20(21)2)25-15-8-16-26-27(30(31(33)34)32-29(25)26)17-9-19-35-28-18-7-12-22-10-4-5-13-24(22)28/h1,4-8,10-16,18,32H,9,17,19H2,2H3,(H,33,34). The summed E-state index contributed by atoms with van der Waals surface area (Å²) < 4.78 is 6.09. The zero-order chi connectivity index (χ0) is 24.4. The summed E-state index contributed by atoms with van der Waals surface area (Å²) in [5.41, 5.74) is 5.60. The van der Waals surface area contributed by atoms with Crippen molar-refractivity contribution in [1.82, 2.24) is 4.98 Å². The number of ether oxygens (including phenoxy) is 1. The van der Waals surface area contributed by atoms with Crippen molar-refractivity contribution in [1.29, 1.82) is 0 Å². The molecule has 0 unspecified atom stereocenters. The lowest BCUT2D eigenvalue weighted by atomic mass is 9.94. The number of terminal acetylenes is 1. The Morgan fingerprint density at radius 1 is 0.943 bits per heavy atom. The number of rotatable bonds is 7. The van der Waals surface area contributed by atoms with Crippen LogP contribution in [0.15, 0.2) is 78.9 Å². The minimum absolute atomic E-state index is 0.225. The van der Waals surface area contributed by atoms with Gasteiger partial charge in [-0.3, -0.25) is 0 Å². The molecule has 0 aliphatic rings. The van der Waals surface area contributed by atoms with E-state index in [0.717, 1.165) is 55.2 Å². The molecule has 0 aliphatic heterocycles. The van der Waals surface area contributed by atoms with Crippen molar-refractivity contribution in [2.75, 3.05) is 6.61 Å². The smallest absolute Gasteiger partial charge is 0.352 e. The van der Waals surface area contributed by atoms with Crippen LogP contribution in [0.5, 0.6) is 5.75 Å². The van der Waals surface area contributed by atoms with E-state index in [2.05, 4.69) is 23.0 Å². The van der Waals surface area contributed by atoms with Crippen LogP contribution in [0.25, 0.3) is 32.8 Å². The summed E-state index contributed by atoms with van der Waals surface area (Å²) in [6, 6.07) is 25.9. The number of hydrogen-bond donors (Lipinski definition) is 2. The summed E-state index contributed by atoms with van der Waals surface area (Å²) in [6.07, 6.45) is 6.94. The molecule has 0 saturated heterocycles. The second-order valence-electron chi connectivity index (χ2n) is 8.56. The zero-order valence-electron chi connectivity index (χ0n) is 19.5. The van der Waals surface area contributed by atoms with Gasteiger partial charge in [-0.15, -0.1) is 6.42 Å². The Bertz CT molecular complexity index is 1600. The first-order chi connectivity index (χ1) is 17.1. The van der Waals surface area contributed by atoms with E-state index in [9.17, 15) is 9.90 Å². The van der Waals surface area contributed by atoms with Crippen LogP contribution in [0.2, 0.25) is 0 Å². The topological polar surface area (TPSA) is 62.3 Å². The molecule has 4 heteroatoms. The van der Waals surface area contributed by atoms with E-state index >= 15 is 0 Å². The van der Waals surface area contributed by atoms with E-state index in [1.807, 2.05) is 73.7 Å². The number of aromatic nitrogens is 1. The summed E-state index contributed by atoms with van der Waals surface area (Å²) >= 11 is 0. The van der Waals surface area contributed by atoms with Crippen LogP contribution in [-0.4, -0.2) is 22.7 Å². The van der Waals surface area contributed by atoms with Crippen molar-refractivity contribution in [3.05, 3.63) is 101 Å². The second-order valence-corrected chi connectivity index (χ2v) is 8.56. The minimum Gasteiger partial charge on any atom is -0.493 e.